The monoisotopic (exact) mass is 309 g/mol. The van der Waals surface area contributed by atoms with Crippen molar-refractivity contribution in [3.8, 4) is 0 Å². The fraction of sp³-hybridized carbons (Fsp3) is 1.00. The predicted molar refractivity (Wildman–Crippen MR) is 96.4 cm³/mol. The van der Waals surface area contributed by atoms with Crippen LogP contribution in [0.4, 0.5) is 0 Å². The highest BCUT2D eigenvalue weighted by Gasteiger charge is 2.24. The lowest BCUT2D eigenvalue weighted by Crippen LogP contribution is -2.47. The molecule has 130 valence electrons. The number of nitrogens with zero attached hydrogens (tertiary/aromatic N) is 2. The Bertz CT molecular complexity index is 287. The number of hydrogen-bond acceptors (Lipinski definition) is 3. The normalized spacial score (nSPS) is 23.7. The summed E-state index contributed by atoms with van der Waals surface area (Å²) in [6.07, 6.45) is 6.88. The Morgan fingerprint density at radius 3 is 2.00 bits per heavy atom. The molecule has 0 bridgehead atoms. The second-order valence-corrected chi connectivity index (χ2v) is 8.36. The molecule has 0 spiro atoms. The summed E-state index contributed by atoms with van der Waals surface area (Å²) in [6, 6.07) is 1.39. The summed E-state index contributed by atoms with van der Waals surface area (Å²) < 4.78 is 0. The second-order valence-electron chi connectivity index (χ2n) is 8.36. The maximum absolute atomic E-state index is 3.70. The molecule has 3 nitrogen and oxygen atoms in total. The van der Waals surface area contributed by atoms with E-state index in [0.717, 1.165) is 17.9 Å². The molecule has 0 aromatic rings. The fourth-order valence-electron chi connectivity index (χ4n) is 3.95. The van der Waals surface area contributed by atoms with Gasteiger partial charge in [-0.3, -0.25) is 0 Å². The van der Waals surface area contributed by atoms with E-state index >= 15 is 0 Å². The highest BCUT2D eigenvalue weighted by Crippen LogP contribution is 2.21. The number of piperidine rings is 2. The first-order valence-corrected chi connectivity index (χ1v) is 9.73. The maximum atomic E-state index is 3.70. The Hall–Kier alpha value is -0.120. The van der Waals surface area contributed by atoms with Crippen LogP contribution in [-0.4, -0.2) is 61.2 Å². The number of likely N-dealkylation sites (tertiary alicyclic amines) is 2. The van der Waals surface area contributed by atoms with Gasteiger partial charge in [-0.05, 0) is 76.7 Å². The molecule has 0 amide bonds. The van der Waals surface area contributed by atoms with E-state index in [1.807, 2.05) is 0 Å². The quantitative estimate of drug-likeness (QED) is 0.779. The van der Waals surface area contributed by atoms with Crippen molar-refractivity contribution in [2.24, 2.45) is 11.8 Å². The summed E-state index contributed by atoms with van der Waals surface area (Å²) in [4.78, 5) is 5.42. The third kappa shape index (κ3) is 6.55. The van der Waals surface area contributed by atoms with Crippen LogP contribution >= 0.6 is 0 Å². The van der Waals surface area contributed by atoms with Gasteiger partial charge < -0.3 is 15.1 Å². The van der Waals surface area contributed by atoms with Crippen molar-refractivity contribution in [1.82, 2.24) is 15.1 Å². The molecule has 0 atom stereocenters. The summed E-state index contributed by atoms with van der Waals surface area (Å²) in [5.74, 6) is 1.79. The molecule has 2 fully saturated rings. The van der Waals surface area contributed by atoms with Gasteiger partial charge >= 0.3 is 0 Å². The molecule has 0 unspecified atom stereocenters. The van der Waals surface area contributed by atoms with Gasteiger partial charge in [-0.1, -0.05) is 27.7 Å². The van der Waals surface area contributed by atoms with E-state index in [4.69, 9.17) is 0 Å². The van der Waals surface area contributed by atoms with Crippen molar-refractivity contribution < 1.29 is 0 Å². The number of hydrogen-bond donors (Lipinski definition) is 1. The van der Waals surface area contributed by atoms with Crippen molar-refractivity contribution in [1.29, 1.82) is 0 Å². The third-order valence-electron chi connectivity index (χ3n) is 5.40. The SMILES string of the molecule is CC(C)CCN1CCC(CN2CCC(NC(C)C)CC2)CC1. The van der Waals surface area contributed by atoms with Gasteiger partial charge in [-0.25, -0.2) is 0 Å². The molecule has 2 aliphatic heterocycles. The van der Waals surface area contributed by atoms with Gasteiger partial charge in [-0.2, -0.15) is 0 Å². The van der Waals surface area contributed by atoms with E-state index in [2.05, 4.69) is 42.8 Å². The van der Waals surface area contributed by atoms with Crippen LogP contribution in [0.5, 0.6) is 0 Å². The summed E-state index contributed by atoms with van der Waals surface area (Å²) in [5.41, 5.74) is 0. The van der Waals surface area contributed by atoms with Gasteiger partial charge in [0, 0.05) is 18.6 Å². The van der Waals surface area contributed by atoms with E-state index in [-0.39, 0.29) is 0 Å². The minimum Gasteiger partial charge on any atom is -0.312 e. The molecule has 0 saturated carbocycles. The zero-order chi connectivity index (χ0) is 15.9. The maximum Gasteiger partial charge on any atom is 0.00937 e. The third-order valence-corrected chi connectivity index (χ3v) is 5.40. The lowest BCUT2D eigenvalue weighted by atomic mass is 9.94. The van der Waals surface area contributed by atoms with Crippen molar-refractivity contribution >= 4 is 0 Å². The molecule has 2 rings (SSSR count). The molecule has 0 aliphatic carbocycles. The Balaban J connectivity index is 1.59. The summed E-state index contributed by atoms with van der Waals surface area (Å²) in [5, 5.41) is 3.70. The predicted octanol–water partition coefficient (Wildman–Crippen LogP) is 3.21. The van der Waals surface area contributed by atoms with E-state index in [9.17, 15) is 0 Å². The first kappa shape index (κ1) is 18.2. The van der Waals surface area contributed by atoms with E-state index in [1.54, 1.807) is 0 Å². The smallest absolute Gasteiger partial charge is 0.00937 e. The van der Waals surface area contributed by atoms with Crippen LogP contribution in [-0.2, 0) is 0 Å². The Labute approximate surface area is 138 Å². The average Bonchev–Trinajstić information content (AvgIpc) is 2.48. The van der Waals surface area contributed by atoms with E-state index in [0.29, 0.717) is 6.04 Å². The van der Waals surface area contributed by atoms with Crippen LogP contribution in [0.15, 0.2) is 0 Å². The molecule has 0 aromatic carbocycles. The van der Waals surface area contributed by atoms with Gasteiger partial charge in [0.1, 0.15) is 0 Å². The van der Waals surface area contributed by atoms with Crippen molar-refractivity contribution in [3.05, 3.63) is 0 Å². The van der Waals surface area contributed by atoms with Crippen LogP contribution in [0.25, 0.3) is 0 Å². The first-order valence-electron chi connectivity index (χ1n) is 9.73. The van der Waals surface area contributed by atoms with Gasteiger partial charge in [0.2, 0.25) is 0 Å². The molecule has 22 heavy (non-hydrogen) atoms. The lowest BCUT2D eigenvalue weighted by Gasteiger charge is -2.38. The molecule has 1 N–H and O–H groups in total. The molecular weight excluding hydrogens is 270 g/mol. The summed E-state index contributed by atoms with van der Waals surface area (Å²) >= 11 is 0. The molecular formula is C19H39N3. The summed E-state index contributed by atoms with van der Waals surface area (Å²) in [6.45, 7) is 17.2. The van der Waals surface area contributed by atoms with Crippen molar-refractivity contribution in [3.63, 3.8) is 0 Å². The lowest BCUT2D eigenvalue weighted by molar-refractivity contribution is 0.120. The van der Waals surface area contributed by atoms with Crippen LogP contribution in [0, 0.1) is 11.8 Å². The molecule has 0 aromatic heterocycles. The first-order chi connectivity index (χ1) is 10.5. The van der Waals surface area contributed by atoms with Gasteiger partial charge in [-0.15, -0.1) is 0 Å². The molecule has 3 heteroatoms. The number of nitrogens with one attached hydrogen (secondary N) is 1. The Morgan fingerprint density at radius 2 is 1.45 bits per heavy atom. The standard InChI is InChI=1S/C19H39N3/c1-16(2)5-10-21-11-6-18(7-12-21)15-22-13-8-19(9-14-22)20-17(3)4/h16-20H,5-15H2,1-4H3. The zero-order valence-electron chi connectivity index (χ0n) is 15.5. The fourth-order valence-corrected chi connectivity index (χ4v) is 3.95. The van der Waals surface area contributed by atoms with Crippen LogP contribution in [0.1, 0.15) is 59.8 Å². The Morgan fingerprint density at radius 1 is 0.864 bits per heavy atom. The molecule has 0 radical (unpaired) electrons. The van der Waals surface area contributed by atoms with Crippen molar-refractivity contribution in [2.75, 3.05) is 39.3 Å². The molecule has 2 aliphatic rings. The largest absolute Gasteiger partial charge is 0.312 e. The molecule has 2 saturated heterocycles. The van der Waals surface area contributed by atoms with Gasteiger partial charge in [0.25, 0.3) is 0 Å². The zero-order valence-corrected chi connectivity index (χ0v) is 15.5. The van der Waals surface area contributed by atoms with E-state index in [1.165, 1.54) is 71.4 Å². The van der Waals surface area contributed by atoms with Crippen LogP contribution in [0.2, 0.25) is 0 Å². The van der Waals surface area contributed by atoms with Gasteiger partial charge in [0.15, 0.2) is 0 Å². The van der Waals surface area contributed by atoms with Crippen molar-refractivity contribution in [2.45, 2.75) is 71.9 Å². The number of rotatable bonds is 7. The minimum absolute atomic E-state index is 0.631. The topological polar surface area (TPSA) is 18.5 Å². The highest BCUT2D eigenvalue weighted by molar-refractivity contribution is 4.81. The second kappa shape index (κ2) is 9.24. The van der Waals surface area contributed by atoms with Crippen LogP contribution in [0.3, 0.4) is 0 Å². The van der Waals surface area contributed by atoms with Gasteiger partial charge in [0.05, 0.1) is 0 Å². The minimum atomic E-state index is 0.631. The average molecular weight is 310 g/mol. The Kier molecular flexibility index (Phi) is 7.66. The molecule has 2 heterocycles. The van der Waals surface area contributed by atoms with E-state index < -0.39 is 0 Å². The highest BCUT2D eigenvalue weighted by atomic mass is 15.2. The van der Waals surface area contributed by atoms with Crippen LogP contribution < -0.4 is 5.32 Å². The summed E-state index contributed by atoms with van der Waals surface area (Å²) in [7, 11) is 0.